The molecule has 1 aliphatic heterocycles. The largest absolute Gasteiger partial charge is 0.364 e. The molecule has 150 valence electrons. The van der Waals surface area contributed by atoms with Crippen molar-refractivity contribution < 1.29 is 27.5 Å². The third kappa shape index (κ3) is 2.88. The number of hydrogen-bond donors (Lipinski definition) is 1. The van der Waals surface area contributed by atoms with E-state index in [1.807, 2.05) is 24.3 Å². The Hall–Kier alpha value is -2.42. The van der Waals surface area contributed by atoms with E-state index < -0.39 is 36.6 Å². The summed E-state index contributed by atoms with van der Waals surface area (Å²) < 4.78 is 54.5. The van der Waals surface area contributed by atoms with E-state index in [0.29, 0.717) is 0 Å². The van der Waals surface area contributed by atoms with Crippen LogP contribution >= 0.6 is 0 Å². The van der Waals surface area contributed by atoms with Gasteiger partial charge in [0.15, 0.2) is 0 Å². The molecule has 2 aliphatic rings. The Balaban J connectivity index is 1.72. The van der Waals surface area contributed by atoms with Crippen LogP contribution in [0.1, 0.15) is 30.5 Å². The molecule has 0 saturated heterocycles. The van der Waals surface area contributed by atoms with E-state index in [2.05, 4.69) is 5.10 Å². The van der Waals surface area contributed by atoms with Gasteiger partial charge in [0.1, 0.15) is 12.3 Å². The molecule has 0 spiro atoms. The van der Waals surface area contributed by atoms with Gasteiger partial charge < -0.3 is 9.67 Å². The van der Waals surface area contributed by atoms with Gasteiger partial charge in [-0.15, -0.1) is 0 Å². The predicted octanol–water partition coefficient (Wildman–Crippen LogP) is 3.33. The number of fused-ring (bicyclic) bond motifs is 3. The number of hydrazone groups is 1. The van der Waals surface area contributed by atoms with Crippen molar-refractivity contribution in [2.75, 3.05) is 0 Å². The number of amides is 1. The summed E-state index contributed by atoms with van der Waals surface area (Å²) >= 11 is 0. The first-order valence-electron chi connectivity index (χ1n) is 9.11. The summed E-state index contributed by atoms with van der Waals surface area (Å²) in [5.74, 6) is -0.951. The van der Waals surface area contributed by atoms with Gasteiger partial charge >= 0.3 is 0 Å². The van der Waals surface area contributed by atoms with Crippen molar-refractivity contribution in [3.63, 3.8) is 0 Å². The molecule has 5 nitrogen and oxygen atoms in total. The average Bonchev–Trinajstić information content (AvgIpc) is 3.20. The molecule has 1 atom stereocenters. The zero-order valence-corrected chi connectivity index (χ0v) is 14.9. The zero-order valence-electron chi connectivity index (χ0n) is 14.9. The molecule has 2 heterocycles. The van der Waals surface area contributed by atoms with Crippen molar-refractivity contribution in [3.8, 4) is 0 Å². The molecule has 0 radical (unpaired) electrons. The standard InChI is InChI=1S/C19H19F4N3O2/c20-17(21)13-9-19(28,18(22)23)26(24-13)16(27)10-25-14-7-3-1-5-11(14)12-6-2-4-8-15(12)25/h1,3,5,7,17-18,28H,2,4,6,8-10H2. The molecule has 1 aromatic heterocycles. The molecule has 0 bridgehead atoms. The lowest BCUT2D eigenvalue weighted by Crippen LogP contribution is -2.52. The van der Waals surface area contributed by atoms with Crippen molar-refractivity contribution in [2.24, 2.45) is 5.10 Å². The molecule has 1 aliphatic carbocycles. The topological polar surface area (TPSA) is 57.8 Å². The number of hydrogen-bond acceptors (Lipinski definition) is 3. The van der Waals surface area contributed by atoms with Gasteiger partial charge in [-0.3, -0.25) is 4.79 Å². The molecular formula is C19H19F4N3O2. The normalized spacial score (nSPS) is 22.2. The number of halogens is 4. The van der Waals surface area contributed by atoms with E-state index in [0.717, 1.165) is 47.8 Å². The summed E-state index contributed by atoms with van der Waals surface area (Å²) in [6, 6.07) is 7.47. The van der Waals surface area contributed by atoms with Crippen LogP contribution in [0.3, 0.4) is 0 Å². The van der Waals surface area contributed by atoms with E-state index in [9.17, 15) is 27.5 Å². The van der Waals surface area contributed by atoms with Gasteiger partial charge in [-0.2, -0.15) is 10.1 Å². The fraction of sp³-hybridized carbons (Fsp3) is 0.474. The van der Waals surface area contributed by atoms with E-state index in [1.54, 1.807) is 4.57 Å². The lowest BCUT2D eigenvalue weighted by atomic mass is 9.95. The Kier molecular flexibility index (Phi) is 4.65. The quantitative estimate of drug-likeness (QED) is 0.805. The zero-order chi connectivity index (χ0) is 20.1. The number of nitrogens with zero attached hydrogens (tertiary/aromatic N) is 3. The van der Waals surface area contributed by atoms with Gasteiger partial charge in [0.05, 0.1) is 0 Å². The Morgan fingerprint density at radius 3 is 2.61 bits per heavy atom. The highest BCUT2D eigenvalue weighted by Gasteiger charge is 2.53. The van der Waals surface area contributed by atoms with Crippen LogP contribution in [0.5, 0.6) is 0 Å². The number of aromatic nitrogens is 1. The number of para-hydroxylation sites is 1. The van der Waals surface area contributed by atoms with Gasteiger partial charge in [-0.05, 0) is 37.3 Å². The maximum absolute atomic E-state index is 13.4. The summed E-state index contributed by atoms with van der Waals surface area (Å²) in [7, 11) is 0. The molecule has 1 aromatic carbocycles. The minimum Gasteiger partial charge on any atom is -0.364 e. The molecule has 1 N–H and O–H groups in total. The first-order chi connectivity index (χ1) is 13.3. The lowest BCUT2D eigenvalue weighted by molar-refractivity contribution is -0.192. The van der Waals surface area contributed by atoms with Crippen LogP contribution < -0.4 is 0 Å². The highest BCUT2D eigenvalue weighted by atomic mass is 19.3. The van der Waals surface area contributed by atoms with E-state index >= 15 is 0 Å². The second-order valence-corrected chi connectivity index (χ2v) is 7.19. The number of alkyl halides is 4. The molecule has 0 saturated carbocycles. The van der Waals surface area contributed by atoms with E-state index in [-0.39, 0.29) is 11.6 Å². The van der Waals surface area contributed by atoms with E-state index in [4.69, 9.17) is 0 Å². The summed E-state index contributed by atoms with van der Waals surface area (Å²) in [5.41, 5.74) is -1.13. The van der Waals surface area contributed by atoms with Crippen LogP contribution in [-0.4, -0.2) is 44.9 Å². The van der Waals surface area contributed by atoms with Gasteiger partial charge in [0, 0.05) is 23.0 Å². The Labute approximate surface area is 158 Å². The van der Waals surface area contributed by atoms with Crippen LogP contribution in [0, 0.1) is 0 Å². The summed E-state index contributed by atoms with van der Waals surface area (Å²) in [6.45, 7) is -0.356. The van der Waals surface area contributed by atoms with Crippen molar-refractivity contribution >= 4 is 22.5 Å². The van der Waals surface area contributed by atoms with Crippen LogP contribution in [0.25, 0.3) is 10.9 Å². The van der Waals surface area contributed by atoms with Crippen LogP contribution in [0.4, 0.5) is 17.6 Å². The van der Waals surface area contributed by atoms with Crippen molar-refractivity contribution in [1.82, 2.24) is 9.58 Å². The van der Waals surface area contributed by atoms with Gasteiger partial charge in [0.2, 0.25) is 5.72 Å². The second kappa shape index (κ2) is 6.88. The summed E-state index contributed by atoms with van der Waals surface area (Å²) in [4.78, 5) is 12.8. The van der Waals surface area contributed by atoms with Crippen molar-refractivity contribution in [1.29, 1.82) is 0 Å². The number of carbonyl (C=O) groups is 1. The fourth-order valence-corrected chi connectivity index (χ4v) is 4.12. The number of aryl methyl sites for hydroxylation is 1. The third-order valence-electron chi connectivity index (χ3n) is 5.45. The molecular weight excluding hydrogens is 378 g/mol. The Bertz CT molecular complexity index is 956. The van der Waals surface area contributed by atoms with Crippen LogP contribution in [0.15, 0.2) is 29.4 Å². The molecule has 28 heavy (non-hydrogen) atoms. The highest BCUT2D eigenvalue weighted by Crippen LogP contribution is 2.35. The summed E-state index contributed by atoms with van der Waals surface area (Å²) in [5, 5.41) is 14.7. The first-order valence-corrected chi connectivity index (χ1v) is 9.11. The maximum Gasteiger partial charge on any atom is 0.287 e. The van der Waals surface area contributed by atoms with Crippen LogP contribution in [0.2, 0.25) is 0 Å². The Morgan fingerprint density at radius 2 is 1.89 bits per heavy atom. The SMILES string of the molecule is O=C(Cn1c2c(c3ccccc31)CCCC2)N1N=C(C(F)F)CC1(O)C(F)F. The third-order valence-corrected chi connectivity index (χ3v) is 5.45. The smallest absolute Gasteiger partial charge is 0.287 e. The first kappa shape index (κ1) is 18.9. The second-order valence-electron chi connectivity index (χ2n) is 7.19. The highest BCUT2D eigenvalue weighted by molar-refractivity contribution is 5.93. The maximum atomic E-state index is 13.4. The number of aliphatic hydroxyl groups is 1. The van der Waals surface area contributed by atoms with Crippen LogP contribution in [-0.2, 0) is 24.2 Å². The fourth-order valence-electron chi connectivity index (χ4n) is 4.12. The number of rotatable bonds is 4. The van der Waals surface area contributed by atoms with Crippen molar-refractivity contribution in [3.05, 3.63) is 35.5 Å². The Morgan fingerprint density at radius 1 is 1.18 bits per heavy atom. The molecule has 1 unspecified atom stereocenters. The van der Waals surface area contributed by atoms with Gasteiger partial charge in [0.25, 0.3) is 18.8 Å². The van der Waals surface area contributed by atoms with Gasteiger partial charge in [-0.25, -0.2) is 17.6 Å². The monoisotopic (exact) mass is 397 g/mol. The van der Waals surface area contributed by atoms with Gasteiger partial charge in [-0.1, -0.05) is 18.2 Å². The molecule has 1 amide bonds. The van der Waals surface area contributed by atoms with Crippen molar-refractivity contribution in [2.45, 2.75) is 57.2 Å². The number of benzene rings is 1. The summed E-state index contributed by atoms with van der Waals surface area (Å²) in [6.07, 6.45) is -4.06. The molecule has 2 aromatic rings. The van der Waals surface area contributed by atoms with E-state index in [1.165, 1.54) is 0 Å². The molecule has 0 fully saturated rings. The molecule has 9 heteroatoms. The lowest BCUT2D eigenvalue weighted by Gasteiger charge is -2.30. The number of carbonyl (C=O) groups excluding carboxylic acids is 1. The molecule has 4 rings (SSSR count). The predicted molar refractivity (Wildman–Crippen MR) is 94.4 cm³/mol. The average molecular weight is 397 g/mol. The minimum atomic E-state index is -3.42. The minimum absolute atomic E-state index is 0.142.